The smallest absolute Gasteiger partial charge is 0.254 e. The molecule has 0 spiro atoms. The van der Waals surface area contributed by atoms with Gasteiger partial charge in [-0.15, -0.1) is 0 Å². The molecule has 0 saturated heterocycles. The predicted octanol–water partition coefficient (Wildman–Crippen LogP) is 5.05. The van der Waals surface area contributed by atoms with Crippen LogP contribution in [0.5, 0.6) is 5.75 Å². The number of pyridine rings is 1. The van der Waals surface area contributed by atoms with Crippen molar-refractivity contribution < 1.29 is 13.9 Å². The topological polar surface area (TPSA) is 54.8 Å². The lowest BCUT2D eigenvalue weighted by molar-refractivity contribution is 0.0741. The van der Waals surface area contributed by atoms with Crippen LogP contribution in [0.4, 0.5) is 4.39 Å². The highest BCUT2D eigenvalue weighted by Gasteiger charge is 2.24. The van der Waals surface area contributed by atoms with Crippen LogP contribution in [0.2, 0.25) is 0 Å². The fourth-order valence-corrected chi connectivity index (χ4v) is 3.82. The van der Waals surface area contributed by atoms with Gasteiger partial charge in [-0.1, -0.05) is 12.1 Å². The van der Waals surface area contributed by atoms with E-state index in [-0.39, 0.29) is 17.8 Å². The molecule has 1 aliphatic heterocycles. The molecule has 0 saturated carbocycles. The lowest BCUT2D eigenvalue weighted by Crippen LogP contribution is -2.30. The van der Waals surface area contributed by atoms with E-state index < -0.39 is 0 Å². The summed E-state index contributed by atoms with van der Waals surface area (Å²) in [6.07, 6.45) is 5.42. The third-order valence-corrected chi connectivity index (χ3v) is 5.62. The van der Waals surface area contributed by atoms with Crippen LogP contribution in [-0.2, 0) is 6.54 Å². The zero-order valence-corrected chi connectivity index (χ0v) is 17.8. The number of aromatic nitrogens is 1. The second-order valence-corrected chi connectivity index (χ2v) is 7.51. The Bertz CT molecular complexity index is 1160. The highest BCUT2D eigenvalue weighted by molar-refractivity contribution is 5.96. The molecule has 0 aliphatic carbocycles. The highest BCUT2D eigenvalue weighted by atomic mass is 19.1. The van der Waals surface area contributed by atoms with Gasteiger partial charge in [0.25, 0.3) is 5.91 Å². The van der Waals surface area contributed by atoms with Gasteiger partial charge in [-0.05, 0) is 60.9 Å². The number of benzene rings is 2. The number of fused-ring (bicyclic) bond motifs is 1. The van der Waals surface area contributed by atoms with E-state index in [1.165, 1.54) is 12.1 Å². The zero-order chi connectivity index (χ0) is 22.0. The molecule has 0 bridgehead atoms. The van der Waals surface area contributed by atoms with E-state index >= 15 is 0 Å². The Morgan fingerprint density at radius 2 is 2.06 bits per heavy atom. The molecule has 1 aromatic heterocycles. The van der Waals surface area contributed by atoms with Crippen molar-refractivity contribution in [3.05, 3.63) is 82.9 Å². The molecular formula is C25H24FN3O2. The van der Waals surface area contributed by atoms with E-state index in [1.54, 1.807) is 48.6 Å². The number of amides is 1. The highest BCUT2D eigenvalue weighted by Crippen LogP contribution is 2.33. The van der Waals surface area contributed by atoms with Crippen LogP contribution in [0.3, 0.4) is 0 Å². The molecule has 1 aliphatic rings. The zero-order valence-electron chi connectivity index (χ0n) is 17.8. The van der Waals surface area contributed by atoms with E-state index in [0.29, 0.717) is 30.0 Å². The van der Waals surface area contributed by atoms with Crippen molar-refractivity contribution in [2.45, 2.75) is 26.4 Å². The van der Waals surface area contributed by atoms with Crippen LogP contribution in [0.15, 0.2) is 59.9 Å². The Labute approximate surface area is 181 Å². The molecule has 2 aromatic carbocycles. The molecule has 0 fully saturated rings. The van der Waals surface area contributed by atoms with Crippen molar-refractivity contribution in [1.29, 1.82) is 0 Å². The Balaban J connectivity index is 1.64. The van der Waals surface area contributed by atoms with E-state index in [1.807, 2.05) is 26.1 Å². The maximum absolute atomic E-state index is 13.7. The molecule has 31 heavy (non-hydrogen) atoms. The minimum Gasteiger partial charge on any atom is -0.493 e. The van der Waals surface area contributed by atoms with E-state index in [0.717, 1.165) is 22.3 Å². The number of rotatable bonds is 6. The van der Waals surface area contributed by atoms with Gasteiger partial charge in [-0.25, -0.2) is 4.39 Å². The summed E-state index contributed by atoms with van der Waals surface area (Å²) in [5, 5.41) is 0. The van der Waals surface area contributed by atoms with Gasteiger partial charge in [0, 0.05) is 42.3 Å². The van der Waals surface area contributed by atoms with Gasteiger partial charge in [0.1, 0.15) is 11.6 Å². The van der Waals surface area contributed by atoms with Crippen molar-refractivity contribution in [3.8, 4) is 16.9 Å². The number of ether oxygens (including phenoxy) is 1. The largest absolute Gasteiger partial charge is 0.493 e. The molecule has 4 rings (SSSR count). The number of carbonyl (C=O) groups is 1. The van der Waals surface area contributed by atoms with Crippen LogP contribution in [0, 0.1) is 5.82 Å². The van der Waals surface area contributed by atoms with Crippen LogP contribution in [0.25, 0.3) is 11.1 Å². The monoisotopic (exact) mass is 417 g/mol. The molecule has 5 nitrogen and oxygen atoms in total. The minimum absolute atomic E-state index is 0.129. The average Bonchev–Trinajstić information content (AvgIpc) is 3.27. The first-order valence-corrected chi connectivity index (χ1v) is 10.3. The molecule has 2 heterocycles. The van der Waals surface area contributed by atoms with E-state index in [9.17, 15) is 9.18 Å². The number of aliphatic imine (C=N–C) groups is 1. The molecule has 0 radical (unpaired) electrons. The molecule has 6 heteroatoms. The first kappa shape index (κ1) is 20.7. The van der Waals surface area contributed by atoms with Crippen LogP contribution < -0.4 is 4.74 Å². The fourth-order valence-electron chi connectivity index (χ4n) is 3.82. The predicted molar refractivity (Wildman–Crippen MR) is 119 cm³/mol. The van der Waals surface area contributed by atoms with Crippen molar-refractivity contribution >= 4 is 12.1 Å². The van der Waals surface area contributed by atoms with Gasteiger partial charge >= 0.3 is 0 Å². The second-order valence-electron chi connectivity index (χ2n) is 7.51. The van der Waals surface area contributed by atoms with Crippen LogP contribution in [0.1, 0.15) is 46.9 Å². The molecule has 1 atom stereocenters. The first-order chi connectivity index (χ1) is 15.0. The Morgan fingerprint density at radius 1 is 1.23 bits per heavy atom. The number of carbonyl (C=O) groups excluding carboxylic acids is 1. The summed E-state index contributed by atoms with van der Waals surface area (Å²) in [4.78, 5) is 23.6. The third-order valence-electron chi connectivity index (χ3n) is 5.62. The summed E-state index contributed by atoms with van der Waals surface area (Å²) < 4.78 is 19.5. The second kappa shape index (κ2) is 8.68. The summed E-state index contributed by atoms with van der Waals surface area (Å²) in [7, 11) is 1.78. The molecule has 3 aromatic rings. The van der Waals surface area contributed by atoms with Crippen molar-refractivity contribution in [1.82, 2.24) is 9.88 Å². The summed E-state index contributed by atoms with van der Waals surface area (Å²) in [5.74, 6) is 0.105. The fraction of sp³-hybridized carbons (Fsp3) is 0.240. The maximum Gasteiger partial charge on any atom is 0.254 e. The number of hydrogen-bond acceptors (Lipinski definition) is 4. The van der Waals surface area contributed by atoms with Gasteiger partial charge in [0.2, 0.25) is 0 Å². The minimum atomic E-state index is -0.318. The summed E-state index contributed by atoms with van der Waals surface area (Å²) in [6, 6.07) is 11.5. The van der Waals surface area contributed by atoms with Gasteiger partial charge in [0.15, 0.2) is 0 Å². The van der Waals surface area contributed by atoms with E-state index in [4.69, 9.17) is 4.74 Å². The quantitative estimate of drug-likeness (QED) is 0.564. The van der Waals surface area contributed by atoms with Crippen LogP contribution >= 0.6 is 0 Å². The molecule has 158 valence electrons. The van der Waals surface area contributed by atoms with Gasteiger partial charge in [0.05, 0.1) is 19.2 Å². The lowest BCUT2D eigenvalue weighted by Gasteiger charge is -2.27. The average molecular weight is 417 g/mol. The summed E-state index contributed by atoms with van der Waals surface area (Å²) in [6.45, 7) is 4.91. The lowest BCUT2D eigenvalue weighted by atomic mass is 9.99. The standard InChI is InChI=1S/C25H24FN3O2/c1-4-31-24-11-18(8-9-21(24)17-6-5-7-20(26)10-17)25(30)29(3)16(2)22-14-27-12-19-13-28-15-23(19)22/h5-14,16H,4,15H2,1-3H3/t16-/m0/s1. The number of hydrogen-bond donors (Lipinski definition) is 0. The molecular weight excluding hydrogens is 393 g/mol. The van der Waals surface area contributed by atoms with Crippen molar-refractivity contribution in [3.63, 3.8) is 0 Å². The first-order valence-electron chi connectivity index (χ1n) is 10.3. The van der Waals surface area contributed by atoms with Gasteiger partial charge in [-0.3, -0.25) is 14.8 Å². The van der Waals surface area contributed by atoms with Crippen molar-refractivity contribution in [2.75, 3.05) is 13.7 Å². The number of halogens is 1. The Morgan fingerprint density at radius 3 is 2.84 bits per heavy atom. The van der Waals surface area contributed by atoms with Gasteiger partial charge in [-0.2, -0.15) is 0 Å². The normalized spacial score (nSPS) is 13.0. The summed E-state index contributed by atoms with van der Waals surface area (Å²) >= 11 is 0. The summed E-state index contributed by atoms with van der Waals surface area (Å²) in [5.41, 5.74) is 5.06. The Kier molecular flexibility index (Phi) is 5.80. The number of nitrogens with zero attached hydrogens (tertiary/aromatic N) is 3. The Hall–Kier alpha value is -3.54. The van der Waals surface area contributed by atoms with Gasteiger partial charge < -0.3 is 9.64 Å². The van der Waals surface area contributed by atoms with Crippen LogP contribution in [-0.4, -0.2) is 35.7 Å². The third kappa shape index (κ3) is 4.06. The van der Waals surface area contributed by atoms with E-state index in [2.05, 4.69) is 9.98 Å². The molecule has 0 N–H and O–H groups in total. The van der Waals surface area contributed by atoms with Crippen molar-refractivity contribution in [2.24, 2.45) is 4.99 Å². The maximum atomic E-state index is 13.7. The SMILES string of the molecule is CCOc1cc(C(=O)N(C)[C@@H](C)c2cncc3c2CN=C3)ccc1-c1cccc(F)c1. The molecule has 1 amide bonds. The molecule has 0 unspecified atom stereocenters.